The van der Waals surface area contributed by atoms with Crippen molar-refractivity contribution in [1.29, 1.82) is 0 Å². The number of aryl methyl sites for hydroxylation is 1. The molecule has 0 aliphatic carbocycles. The van der Waals surface area contributed by atoms with Gasteiger partial charge in [-0.25, -0.2) is 0 Å². The van der Waals surface area contributed by atoms with Crippen molar-refractivity contribution in [3.63, 3.8) is 0 Å². The highest BCUT2D eigenvalue weighted by atomic mass is 15.3. The highest BCUT2D eigenvalue weighted by Gasteiger charge is 2.19. The van der Waals surface area contributed by atoms with E-state index in [0.717, 1.165) is 56.5 Å². The number of guanidine groups is 1. The number of likely N-dealkylation sites (tertiary alicyclic amines) is 1. The Morgan fingerprint density at radius 1 is 1.07 bits per heavy atom. The Morgan fingerprint density at radius 2 is 1.89 bits per heavy atom. The van der Waals surface area contributed by atoms with Crippen LogP contribution < -0.4 is 5.32 Å². The largest absolute Gasteiger partial charge is 0.349 e. The van der Waals surface area contributed by atoms with Crippen LogP contribution in [0.2, 0.25) is 0 Å². The van der Waals surface area contributed by atoms with Gasteiger partial charge in [0, 0.05) is 33.1 Å². The SMILES string of the molecule is CN=C(NCc1nnc2n1CCCC2)N1CCC(=Cc2ccccc2)CC1. The smallest absolute Gasteiger partial charge is 0.194 e. The number of benzene rings is 1. The number of hydrogen-bond acceptors (Lipinski definition) is 3. The van der Waals surface area contributed by atoms with Gasteiger partial charge < -0.3 is 14.8 Å². The van der Waals surface area contributed by atoms with E-state index in [4.69, 9.17) is 0 Å². The summed E-state index contributed by atoms with van der Waals surface area (Å²) in [6.45, 7) is 3.71. The highest BCUT2D eigenvalue weighted by Crippen LogP contribution is 2.20. The maximum atomic E-state index is 4.49. The molecule has 1 N–H and O–H groups in total. The Balaban J connectivity index is 1.33. The summed E-state index contributed by atoms with van der Waals surface area (Å²) >= 11 is 0. The lowest BCUT2D eigenvalue weighted by Crippen LogP contribution is -2.44. The van der Waals surface area contributed by atoms with E-state index in [2.05, 4.69) is 66.4 Å². The monoisotopic (exact) mass is 364 g/mol. The van der Waals surface area contributed by atoms with Gasteiger partial charge in [-0.3, -0.25) is 4.99 Å². The Morgan fingerprint density at radius 3 is 2.67 bits per heavy atom. The van der Waals surface area contributed by atoms with E-state index in [-0.39, 0.29) is 0 Å². The summed E-state index contributed by atoms with van der Waals surface area (Å²) in [5, 5.41) is 12.2. The number of piperidine rings is 1. The first-order chi connectivity index (χ1) is 13.3. The average Bonchev–Trinajstić information content (AvgIpc) is 3.14. The second-order valence-electron chi connectivity index (χ2n) is 7.24. The maximum absolute atomic E-state index is 4.49. The van der Waals surface area contributed by atoms with Crippen molar-refractivity contribution in [2.24, 2.45) is 4.99 Å². The zero-order chi connectivity index (χ0) is 18.5. The van der Waals surface area contributed by atoms with Crippen molar-refractivity contribution in [3.8, 4) is 0 Å². The first-order valence-electron chi connectivity index (χ1n) is 9.94. The molecule has 0 atom stereocenters. The topological polar surface area (TPSA) is 58.3 Å². The maximum Gasteiger partial charge on any atom is 0.194 e. The summed E-state index contributed by atoms with van der Waals surface area (Å²) in [4.78, 5) is 6.83. The molecule has 2 aliphatic rings. The van der Waals surface area contributed by atoms with Crippen molar-refractivity contribution < 1.29 is 0 Å². The molecule has 6 nitrogen and oxygen atoms in total. The molecule has 0 spiro atoms. The molecular formula is C21H28N6. The molecule has 2 aromatic rings. The molecule has 0 amide bonds. The molecular weight excluding hydrogens is 336 g/mol. The van der Waals surface area contributed by atoms with E-state index in [1.54, 1.807) is 0 Å². The zero-order valence-corrected chi connectivity index (χ0v) is 16.1. The van der Waals surface area contributed by atoms with E-state index in [1.165, 1.54) is 24.0 Å². The second-order valence-corrected chi connectivity index (χ2v) is 7.24. The average molecular weight is 364 g/mol. The first-order valence-corrected chi connectivity index (χ1v) is 9.94. The molecule has 1 saturated heterocycles. The summed E-state index contributed by atoms with van der Waals surface area (Å²) in [6, 6.07) is 10.6. The summed E-state index contributed by atoms with van der Waals surface area (Å²) in [5.74, 6) is 3.11. The van der Waals surface area contributed by atoms with Crippen LogP contribution >= 0.6 is 0 Å². The van der Waals surface area contributed by atoms with Crippen LogP contribution in [0.4, 0.5) is 0 Å². The number of aromatic nitrogens is 3. The van der Waals surface area contributed by atoms with Crippen molar-refractivity contribution >= 4 is 12.0 Å². The molecule has 0 saturated carbocycles. The van der Waals surface area contributed by atoms with Gasteiger partial charge in [-0.15, -0.1) is 10.2 Å². The Labute approximate surface area is 161 Å². The third kappa shape index (κ3) is 4.21. The van der Waals surface area contributed by atoms with Gasteiger partial charge in [0.15, 0.2) is 11.8 Å². The van der Waals surface area contributed by atoms with Crippen molar-refractivity contribution in [2.75, 3.05) is 20.1 Å². The van der Waals surface area contributed by atoms with E-state index in [0.29, 0.717) is 6.54 Å². The molecule has 1 aromatic heterocycles. The zero-order valence-electron chi connectivity index (χ0n) is 16.1. The number of fused-ring (bicyclic) bond motifs is 1. The van der Waals surface area contributed by atoms with Crippen LogP contribution in [-0.4, -0.2) is 45.8 Å². The predicted octanol–water partition coefficient (Wildman–Crippen LogP) is 2.87. The fourth-order valence-corrected chi connectivity index (χ4v) is 3.92. The molecule has 27 heavy (non-hydrogen) atoms. The number of hydrogen-bond donors (Lipinski definition) is 1. The van der Waals surface area contributed by atoms with Crippen molar-refractivity contribution in [1.82, 2.24) is 25.0 Å². The van der Waals surface area contributed by atoms with Crippen molar-refractivity contribution in [3.05, 3.63) is 53.1 Å². The molecule has 0 radical (unpaired) electrons. The van der Waals surface area contributed by atoms with Gasteiger partial charge in [-0.1, -0.05) is 42.0 Å². The van der Waals surface area contributed by atoms with Crippen molar-refractivity contribution in [2.45, 2.75) is 45.2 Å². The lowest BCUT2D eigenvalue weighted by molar-refractivity contribution is 0.374. The molecule has 1 aromatic carbocycles. The van der Waals surface area contributed by atoms with Crippen LogP contribution in [-0.2, 0) is 19.5 Å². The minimum atomic E-state index is 0.683. The Bertz CT molecular complexity index is 810. The second kappa shape index (κ2) is 8.37. The van der Waals surface area contributed by atoms with Gasteiger partial charge in [0.25, 0.3) is 0 Å². The predicted molar refractivity (Wildman–Crippen MR) is 108 cm³/mol. The summed E-state index contributed by atoms with van der Waals surface area (Å²) in [6.07, 6.45) is 7.97. The number of nitrogens with one attached hydrogen (secondary N) is 1. The normalized spacial score (nSPS) is 17.6. The lowest BCUT2D eigenvalue weighted by atomic mass is 10.0. The standard InChI is InChI=1S/C21H28N6/c1-22-21(23-16-20-25-24-19-9-5-6-12-27(19)20)26-13-10-18(11-14-26)15-17-7-3-2-4-8-17/h2-4,7-8,15H,5-6,9-14,16H2,1H3,(H,22,23). The molecule has 6 heteroatoms. The minimum Gasteiger partial charge on any atom is -0.349 e. The van der Waals surface area contributed by atoms with Gasteiger partial charge in [-0.2, -0.15) is 0 Å². The fourth-order valence-electron chi connectivity index (χ4n) is 3.92. The quantitative estimate of drug-likeness (QED) is 0.672. The van der Waals surface area contributed by atoms with Gasteiger partial charge >= 0.3 is 0 Å². The van der Waals surface area contributed by atoms with Crippen LogP contribution in [0.15, 0.2) is 40.9 Å². The fraction of sp³-hybridized carbons (Fsp3) is 0.476. The van der Waals surface area contributed by atoms with Crippen LogP contribution in [0.3, 0.4) is 0 Å². The Kier molecular flexibility index (Phi) is 5.51. The summed E-state index contributed by atoms with van der Waals surface area (Å²) in [5.41, 5.74) is 2.81. The molecule has 0 bridgehead atoms. The third-order valence-corrected chi connectivity index (χ3v) is 5.43. The summed E-state index contributed by atoms with van der Waals surface area (Å²) in [7, 11) is 1.86. The van der Waals surface area contributed by atoms with Crippen LogP contribution in [0.25, 0.3) is 6.08 Å². The summed E-state index contributed by atoms with van der Waals surface area (Å²) < 4.78 is 2.26. The third-order valence-electron chi connectivity index (χ3n) is 5.43. The van der Waals surface area contributed by atoms with Gasteiger partial charge in [0.1, 0.15) is 5.82 Å². The number of nitrogens with zero attached hydrogens (tertiary/aromatic N) is 5. The van der Waals surface area contributed by atoms with Gasteiger partial charge in [-0.05, 0) is 31.2 Å². The number of aliphatic imine (C=N–C) groups is 1. The van der Waals surface area contributed by atoms with E-state index in [9.17, 15) is 0 Å². The van der Waals surface area contributed by atoms with E-state index in [1.807, 2.05) is 7.05 Å². The van der Waals surface area contributed by atoms with Crippen LogP contribution in [0, 0.1) is 0 Å². The molecule has 2 aliphatic heterocycles. The Hall–Kier alpha value is -2.63. The van der Waals surface area contributed by atoms with E-state index < -0.39 is 0 Å². The van der Waals surface area contributed by atoms with Crippen LogP contribution in [0.5, 0.6) is 0 Å². The molecule has 1 fully saturated rings. The molecule has 0 unspecified atom stereocenters. The number of rotatable bonds is 3. The molecule has 3 heterocycles. The lowest BCUT2D eigenvalue weighted by Gasteiger charge is -2.31. The minimum absolute atomic E-state index is 0.683. The van der Waals surface area contributed by atoms with Crippen LogP contribution in [0.1, 0.15) is 42.9 Å². The molecule has 4 rings (SSSR count). The van der Waals surface area contributed by atoms with Gasteiger partial charge in [0.05, 0.1) is 6.54 Å². The first kappa shape index (κ1) is 17.8. The molecule has 142 valence electrons. The van der Waals surface area contributed by atoms with E-state index >= 15 is 0 Å². The highest BCUT2D eigenvalue weighted by molar-refractivity contribution is 5.80. The van der Waals surface area contributed by atoms with Gasteiger partial charge in [0.2, 0.25) is 0 Å².